The summed E-state index contributed by atoms with van der Waals surface area (Å²) in [7, 11) is 1.73. The quantitative estimate of drug-likeness (QED) is 0.750. The Labute approximate surface area is 100 Å². The van der Waals surface area contributed by atoms with Crippen molar-refractivity contribution in [2.24, 2.45) is 7.05 Å². The summed E-state index contributed by atoms with van der Waals surface area (Å²) in [6.45, 7) is 4.89. The van der Waals surface area contributed by atoms with Gasteiger partial charge in [0.15, 0.2) is 6.61 Å². The fourth-order valence-corrected chi connectivity index (χ4v) is 1.24. The second kappa shape index (κ2) is 5.03. The highest BCUT2D eigenvalue weighted by atomic mass is 16.6. The zero-order chi connectivity index (χ0) is 13.1. The average molecular weight is 239 g/mol. The normalized spacial score (nSPS) is 11.1. The molecule has 0 unspecified atom stereocenters. The van der Waals surface area contributed by atoms with Crippen LogP contribution in [0.15, 0.2) is 18.3 Å². The highest BCUT2D eigenvalue weighted by Crippen LogP contribution is 2.07. The van der Waals surface area contributed by atoms with Crippen molar-refractivity contribution in [2.45, 2.75) is 26.4 Å². The van der Waals surface area contributed by atoms with Gasteiger partial charge in [-0.05, 0) is 32.9 Å². The van der Waals surface area contributed by atoms with E-state index in [0.29, 0.717) is 5.69 Å². The molecule has 5 heteroatoms. The summed E-state index contributed by atoms with van der Waals surface area (Å²) in [5.41, 5.74) is -0.178. The number of aromatic nitrogens is 1. The third kappa shape index (κ3) is 4.30. The first kappa shape index (κ1) is 13.3. The van der Waals surface area contributed by atoms with Gasteiger partial charge in [0.2, 0.25) is 0 Å². The van der Waals surface area contributed by atoms with Crippen LogP contribution in [-0.2, 0) is 21.3 Å². The van der Waals surface area contributed by atoms with Crippen LogP contribution in [0.4, 0.5) is 0 Å². The molecule has 0 fully saturated rings. The minimum atomic E-state index is -0.575. The molecule has 1 rings (SSSR count). The van der Waals surface area contributed by atoms with Gasteiger partial charge in [0.1, 0.15) is 11.3 Å². The topological polar surface area (TPSA) is 57.5 Å². The lowest BCUT2D eigenvalue weighted by Gasteiger charge is -2.19. The van der Waals surface area contributed by atoms with Crippen molar-refractivity contribution >= 4 is 11.9 Å². The first-order valence-corrected chi connectivity index (χ1v) is 5.30. The predicted octanol–water partition coefficient (Wildman–Crippen LogP) is 1.52. The van der Waals surface area contributed by atoms with E-state index in [1.807, 2.05) is 0 Å². The lowest BCUT2D eigenvalue weighted by molar-refractivity contribution is -0.158. The van der Waals surface area contributed by atoms with E-state index in [-0.39, 0.29) is 6.61 Å². The van der Waals surface area contributed by atoms with Crippen LogP contribution in [0.1, 0.15) is 31.3 Å². The Morgan fingerprint density at radius 2 is 2.00 bits per heavy atom. The Bertz CT molecular complexity index is 414. The molecular formula is C12H17NO4. The summed E-state index contributed by atoms with van der Waals surface area (Å²) in [5.74, 6) is -1.09. The van der Waals surface area contributed by atoms with Crippen molar-refractivity contribution in [3.8, 4) is 0 Å². The highest BCUT2D eigenvalue weighted by molar-refractivity contribution is 5.89. The maximum absolute atomic E-state index is 11.5. The molecule has 5 nitrogen and oxygen atoms in total. The molecule has 0 spiro atoms. The molecule has 0 radical (unpaired) electrons. The van der Waals surface area contributed by atoms with E-state index in [1.165, 1.54) is 0 Å². The van der Waals surface area contributed by atoms with Crippen LogP contribution in [0.2, 0.25) is 0 Å². The predicted molar refractivity (Wildman–Crippen MR) is 61.5 cm³/mol. The molecule has 0 aliphatic carbocycles. The summed E-state index contributed by atoms with van der Waals surface area (Å²) in [6.07, 6.45) is 1.73. The number of hydrogen-bond acceptors (Lipinski definition) is 4. The van der Waals surface area contributed by atoms with Gasteiger partial charge in [-0.1, -0.05) is 0 Å². The van der Waals surface area contributed by atoms with Gasteiger partial charge in [0, 0.05) is 13.2 Å². The van der Waals surface area contributed by atoms with Crippen LogP contribution >= 0.6 is 0 Å². The second-order valence-electron chi connectivity index (χ2n) is 4.67. The van der Waals surface area contributed by atoms with Gasteiger partial charge in [0.25, 0.3) is 0 Å². The van der Waals surface area contributed by atoms with Crippen LogP contribution in [-0.4, -0.2) is 28.7 Å². The molecule has 1 heterocycles. The van der Waals surface area contributed by atoms with Crippen LogP contribution in [0.5, 0.6) is 0 Å². The van der Waals surface area contributed by atoms with Crippen molar-refractivity contribution in [3.05, 3.63) is 24.0 Å². The van der Waals surface area contributed by atoms with Gasteiger partial charge in [-0.15, -0.1) is 0 Å². The van der Waals surface area contributed by atoms with Gasteiger partial charge in [-0.2, -0.15) is 0 Å². The molecule has 0 atom stereocenters. The Hall–Kier alpha value is -1.78. The van der Waals surface area contributed by atoms with Gasteiger partial charge >= 0.3 is 11.9 Å². The third-order valence-corrected chi connectivity index (χ3v) is 1.89. The Morgan fingerprint density at radius 1 is 1.35 bits per heavy atom. The number of hydrogen-bond donors (Lipinski definition) is 0. The van der Waals surface area contributed by atoms with E-state index in [4.69, 9.17) is 9.47 Å². The number of ether oxygens (including phenoxy) is 2. The number of carbonyl (C=O) groups is 2. The molecule has 0 amide bonds. The van der Waals surface area contributed by atoms with E-state index < -0.39 is 17.5 Å². The Balaban J connectivity index is 2.45. The summed E-state index contributed by atoms with van der Waals surface area (Å²) in [4.78, 5) is 22.9. The molecule has 0 saturated heterocycles. The minimum Gasteiger partial charge on any atom is -0.457 e. The van der Waals surface area contributed by atoms with Gasteiger partial charge in [-0.3, -0.25) is 0 Å². The van der Waals surface area contributed by atoms with E-state index in [1.54, 1.807) is 50.7 Å². The van der Waals surface area contributed by atoms with Crippen LogP contribution < -0.4 is 0 Å². The molecule has 0 aliphatic heterocycles. The monoisotopic (exact) mass is 239 g/mol. The number of esters is 2. The average Bonchev–Trinajstić information content (AvgIpc) is 2.58. The molecule has 0 N–H and O–H groups in total. The highest BCUT2D eigenvalue weighted by Gasteiger charge is 2.18. The minimum absolute atomic E-state index is 0.374. The molecule has 0 saturated carbocycles. The van der Waals surface area contributed by atoms with Crippen LogP contribution in [0.25, 0.3) is 0 Å². The SMILES string of the molecule is Cn1cccc1C(=O)OCC(=O)OC(C)(C)C. The van der Waals surface area contributed by atoms with Crippen molar-refractivity contribution in [2.75, 3.05) is 6.61 Å². The van der Waals surface area contributed by atoms with E-state index in [2.05, 4.69) is 0 Å². The van der Waals surface area contributed by atoms with Gasteiger partial charge in [0.05, 0.1) is 0 Å². The molecule has 0 aliphatic rings. The fourth-order valence-electron chi connectivity index (χ4n) is 1.24. The van der Waals surface area contributed by atoms with Crippen molar-refractivity contribution in [3.63, 3.8) is 0 Å². The summed E-state index contributed by atoms with van der Waals surface area (Å²) >= 11 is 0. The van der Waals surface area contributed by atoms with E-state index in [9.17, 15) is 9.59 Å². The zero-order valence-electron chi connectivity index (χ0n) is 10.5. The second-order valence-corrected chi connectivity index (χ2v) is 4.67. The maximum atomic E-state index is 11.5. The van der Waals surface area contributed by atoms with E-state index >= 15 is 0 Å². The lowest BCUT2D eigenvalue weighted by Crippen LogP contribution is -2.27. The molecule has 1 aromatic rings. The fraction of sp³-hybridized carbons (Fsp3) is 0.500. The zero-order valence-corrected chi connectivity index (χ0v) is 10.5. The Morgan fingerprint density at radius 3 is 2.47 bits per heavy atom. The molecule has 1 aromatic heterocycles. The standard InChI is InChI=1S/C12H17NO4/c1-12(2,3)17-10(14)8-16-11(15)9-6-5-7-13(9)4/h5-7H,8H2,1-4H3. The number of rotatable bonds is 3. The molecule has 0 bridgehead atoms. The van der Waals surface area contributed by atoms with Crippen molar-refractivity contribution < 1.29 is 19.1 Å². The molecule has 0 aromatic carbocycles. The number of carbonyl (C=O) groups excluding carboxylic acids is 2. The van der Waals surface area contributed by atoms with Crippen molar-refractivity contribution in [1.82, 2.24) is 4.57 Å². The van der Waals surface area contributed by atoms with Crippen LogP contribution in [0, 0.1) is 0 Å². The van der Waals surface area contributed by atoms with Crippen molar-refractivity contribution in [1.29, 1.82) is 0 Å². The first-order chi connectivity index (χ1) is 7.79. The van der Waals surface area contributed by atoms with Gasteiger partial charge < -0.3 is 14.0 Å². The number of aryl methyl sites for hydroxylation is 1. The maximum Gasteiger partial charge on any atom is 0.355 e. The van der Waals surface area contributed by atoms with E-state index in [0.717, 1.165) is 0 Å². The molecule has 17 heavy (non-hydrogen) atoms. The first-order valence-electron chi connectivity index (χ1n) is 5.30. The lowest BCUT2D eigenvalue weighted by atomic mass is 10.2. The summed E-state index contributed by atoms with van der Waals surface area (Å²) < 4.78 is 11.5. The largest absolute Gasteiger partial charge is 0.457 e. The van der Waals surface area contributed by atoms with Gasteiger partial charge in [-0.25, -0.2) is 9.59 Å². The Kier molecular flexibility index (Phi) is 3.93. The summed E-state index contributed by atoms with van der Waals surface area (Å²) in [5, 5.41) is 0. The third-order valence-electron chi connectivity index (χ3n) is 1.89. The van der Waals surface area contributed by atoms with Crippen LogP contribution in [0.3, 0.4) is 0 Å². The smallest absolute Gasteiger partial charge is 0.355 e. The summed E-state index contributed by atoms with van der Waals surface area (Å²) in [6, 6.07) is 3.35. The number of nitrogens with zero attached hydrogens (tertiary/aromatic N) is 1. The molecule has 94 valence electrons. The molecular weight excluding hydrogens is 222 g/mol.